The van der Waals surface area contributed by atoms with Crippen molar-refractivity contribution in [3.05, 3.63) is 37.2 Å². The van der Waals surface area contributed by atoms with Crippen molar-refractivity contribution < 1.29 is 0 Å². The fourth-order valence-electron chi connectivity index (χ4n) is 1.06. The molecule has 3 aromatic heterocycles. The van der Waals surface area contributed by atoms with Crippen LogP contribution in [0.1, 0.15) is 0 Å². The molecule has 21 heavy (non-hydrogen) atoms. The quantitative estimate of drug-likeness (QED) is 0.339. The van der Waals surface area contributed by atoms with Crippen LogP contribution in [0.4, 0.5) is 0 Å². The summed E-state index contributed by atoms with van der Waals surface area (Å²) in [6, 6.07) is 0. The molecule has 3 radical (unpaired) electrons. The summed E-state index contributed by atoms with van der Waals surface area (Å²) in [6.45, 7) is 0. The van der Waals surface area contributed by atoms with Crippen molar-refractivity contribution in [1.29, 1.82) is 0 Å². The van der Waals surface area contributed by atoms with Crippen molar-refractivity contribution in [2.24, 2.45) is 21.1 Å². The molecule has 9 heteroatoms. The Kier molecular flexibility index (Phi) is 8.04. The van der Waals surface area contributed by atoms with E-state index in [1.54, 1.807) is 18.6 Å². The van der Waals surface area contributed by atoms with E-state index in [0.29, 0.717) is 0 Å². The van der Waals surface area contributed by atoms with E-state index in [1.165, 1.54) is 0 Å². The normalized spacial score (nSPS) is 9.29. The van der Waals surface area contributed by atoms with Crippen molar-refractivity contribution in [2.45, 2.75) is 0 Å². The molecule has 0 saturated carbocycles. The average Bonchev–Trinajstić information content (AvgIpc) is 3.11. The van der Waals surface area contributed by atoms with E-state index in [0.717, 1.165) is 14.2 Å². The molecule has 0 aliphatic rings. The number of rotatable bonds is 0. The number of hydrogen-bond acceptors (Lipinski definition) is 3. The molecule has 0 amide bonds. The van der Waals surface area contributed by atoms with Crippen LogP contribution in [0.5, 0.6) is 0 Å². The second kappa shape index (κ2) is 9.26. The van der Waals surface area contributed by atoms with Crippen molar-refractivity contribution in [3.63, 3.8) is 0 Å². The Bertz CT molecular complexity index is 517. The van der Waals surface area contributed by atoms with E-state index in [9.17, 15) is 0 Å². The zero-order valence-corrected chi connectivity index (χ0v) is 17.0. The zero-order valence-electron chi connectivity index (χ0n) is 11.9. The maximum absolute atomic E-state index is 3.92. The second-order valence-corrected chi connectivity index (χ2v) is 6.26. The SMILES string of the molecule is Cn1ccnc1[Se].Cn1ccnc1[Se].Cn1ccnc1[Se]. The third-order valence-corrected chi connectivity index (χ3v) is 4.81. The first-order valence-corrected chi connectivity index (χ1v) is 8.41. The van der Waals surface area contributed by atoms with Crippen LogP contribution < -0.4 is 14.2 Å². The third-order valence-electron chi connectivity index (χ3n) is 2.33. The molecule has 111 valence electrons. The summed E-state index contributed by atoms with van der Waals surface area (Å²) < 4.78 is 8.54. The van der Waals surface area contributed by atoms with Gasteiger partial charge in [-0.2, -0.15) is 0 Å². The monoisotopic (exact) mass is 483 g/mol. The van der Waals surface area contributed by atoms with Crippen LogP contribution in [0.3, 0.4) is 0 Å². The molecule has 3 aromatic rings. The molecular weight excluding hydrogens is 465 g/mol. The van der Waals surface area contributed by atoms with E-state index in [2.05, 4.69) is 63.0 Å². The minimum absolute atomic E-state index is 0.931. The van der Waals surface area contributed by atoms with Gasteiger partial charge in [-0.05, 0) is 0 Å². The van der Waals surface area contributed by atoms with Crippen LogP contribution in [-0.2, 0) is 21.1 Å². The standard InChI is InChI=1S/3C4H5N2Se/c3*1-6-3-2-5-4(6)7/h3*2-3H,1H3. The summed E-state index contributed by atoms with van der Waals surface area (Å²) >= 11 is 8.41. The molecule has 6 nitrogen and oxygen atoms in total. The van der Waals surface area contributed by atoms with Gasteiger partial charge in [-0.25, -0.2) is 0 Å². The van der Waals surface area contributed by atoms with Gasteiger partial charge in [-0.1, -0.05) is 0 Å². The molecule has 0 bridgehead atoms. The number of hydrogen-bond donors (Lipinski definition) is 0. The molecule has 0 fully saturated rings. The predicted molar refractivity (Wildman–Crippen MR) is 85.8 cm³/mol. The number of aryl methyl sites for hydroxylation is 3. The minimum atomic E-state index is 0.931. The van der Waals surface area contributed by atoms with Gasteiger partial charge in [0.05, 0.1) is 0 Å². The van der Waals surface area contributed by atoms with Crippen molar-refractivity contribution in [2.75, 3.05) is 0 Å². The Hall–Kier alpha value is -0.812. The van der Waals surface area contributed by atoms with Crippen LogP contribution >= 0.6 is 0 Å². The first-order valence-electron chi connectivity index (χ1n) is 5.84. The van der Waals surface area contributed by atoms with Crippen molar-refractivity contribution in [1.82, 2.24) is 28.7 Å². The van der Waals surface area contributed by atoms with Crippen LogP contribution in [0.15, 0.2) is 37.2 Å². The molecule has 0 aromatic carbocycles. The van der Waals surface area contributed by atoms with Crippen LogP contribution in [0.2, 0.25) is 0 Å². The summed E-state index contributed by atoms with van der Waals surface area (Å²) in [4.78, 5) is 11.8. The number of nitrogens with zero attached hydrogens (tertiary/aromatic N) is 6. The molecule has 0 atom stereocenters. The Morgan fingerprint density at radius 2 is 0.857 bits per heavy atom. The van der Waals surface area contributed by atoms with Gasteiger partial charge in [0.15, 0.2) is 0 Å². The summed E-state index contributed by atoms with van der Waals surface area (Å²) in [5.41, 5.74) is 0. The Labute approximate surface area is 148 Å². The summed E-state index contributed by atoms with van der Waals surface area (Å²) in [7, 11) is 5.83. The molecule has 0 spiro atoms. The molecule has 0 aliphatic carbocycles. The van der Waals surface area contributed by atoms with Gasteiger partial charge in [0.25, 0.3) is 0 Å². The molecule has 0 unspecified atom stereocenters. The van der Waals surface area contributed by atoms with Crippen molar-refractivity contribution >= 4 is 62.2 Å². The fraction of sp³-hybridized carbons (Fsp3) is 0.250. The molecule has 0 N–H and O–H groups in total. The maximum atomic E-state index is 3.92. The van der Waals surface area contributed by atoms with E-state index in [1.807, 2.05) is 53.4 Å². The topological polar surface area (TPSA) is 53.5 Å². The Morgan fingerprint density at radius 3 is 0.905 bits per heavy atom. The first-order chi connectivity index (χ1) is 9.91. The summed E-state index contributed by atoms with van der Waals surface area (Å²) in [5.74, 6) is 0. The number of imidazole rings is 3. The number of aromatic nitrogens is 6. The van der Waals surface area contributed by atoms with Gasteiger partial charge in [0.2, 0.25) is 0 Å². The van der Waals surface area contributed by atoms with Crippen LogP contribution in [0.25, 0.3) is 0 Å². The van der Waals surface area contributed by atoms with E-state index in [4.69, 9.17) is 0 Å². The molecule has 0 saturated heterocycles. The average molecular weight is 480 g/mol. The zero-order chi connectivity index (χ0) is 15.8. The first kappa shape index (κ1) is 18.2. The van der Waals surface area contributed by atoms with E-state index in [-0.39, 0.29) is 0 Å². The van der Waals surface area contributed by atoms with Crippen LogP contribution in [0, 0.1) is 0 Å². The molecule has 0 aliphatic heterocycles. The molecule has 3 rings (SSSR count). The van der Waals surface area contributed by atoms with Crippen LogP contribution in [-0.4, -0.2) is 76.7 Å². The predicted octanol–water partition coefficient (Wildman–Crippen LogP) is -2.36. The van der Waals surface area contributed by atoms with E-state index >= 15 is 0 Å². The summed E-state index contributed by atoms with van der Waals surface area (Å²) in [6.07, 6.45) is 11.0. The third kappa shape index (κ3) is 6.65. The van der Waals surface area contributed by atoms with Gasteiger partial charge in [-0.3, -0.25) is 0 Å². The Morgan fingerprint density at radius 1 is 0.619 bits per heavy atom. The van der Waals surface area contributed by atoms with Gasteiger partial charge in [0, 0.05) is 0 Å². The van der Waals surface area contributed by atoms with Crippen molar-refractivity contribution in [3.8, 4) is 0 Å². The Balaban J connectivity index is 0.000000157. The van der Waals surface area contributed by atoms with Gasteiger partial charge in [-0.15, -0.1) is 0 Å². The van der Waals surface area contributed by atoms with Gasteiger partial charge in [0.1, 0.15) is 0 Å². The summed E-state index contributed by atoms with van der Waals surface area (Å²) in [5, 5.41) is 0. The molecule has 3 heterocycles. The second-order valence-electron chi connectivity index (χ2n) is 3.96. The van der Waals surface area contributed by atoms with E-state index < -0.39 is 0 Å². The molecular formula is C12H15N6Se3. The fourth-order valence-corrected chi connectivity index (χ4v) is 1.82. The van der Waals surface area contributed by atoms with Gasteiger partial charge >= 0.3 is 149 Å². The van der Waals surface area contributed by atoms with Gasteiger partial charge < -0.3 is 0 Å².